The number of ether oxygens (including phenoxy) is 1. The van der Waals surface area contributed by atoms with Crippen LogP contribution in [0.25, 0.3) is 6.08 Å². The first-order valence-electron chi connectivity index (χ1n) is 10.5. The molecule has 0 fully saturated rings. The van der Waals surface area contributed by atoms with Crippen LogP contribution in [-0.2, 0) is 15.1 Å². The second kappa shape index (κ2) is 9.50. The van der Waals surface area contributed by atoms with Crippen LogP contribution in [0.5, 0.6) is 0 Å². The van der Waals surface area contributed by atoms with Crippen molar-refractivity contribution in [2.45, 2.75) is 11.5 Å². The van der Waals surface area contributed by atoms with E-state index in [4.69, 9.17) is 4.74 Å². The Morgan fingerprint density at radius 1 is 1.03 bits per heavy atom. The number of amides is 1. The molecular weight excluding hydrogens is 492 g/mol. The van der Waals surface area contributed by atoms with Gasteiger partial charge >= 0.3 is 5.97 Å². The molecule has 34 heavy (non-hydrogen) atoms. The maximum absolute atomic E-state index is 13.9. The van der Waals surface area contributed by atoms with Gasteiger partial charge in [0.2, 0.25) is 0 Å². The summed E-state index contributed by atoms with van der Waals surface area (Å²) >= 11 is 3.39. The van der Waals surface area contributed by atoms with Gasteiger partial charge in [-0.1, -0.05) is 77.1 Å². The fraction of sp³-hybridized carbons (Fsp3) is 0.107. The van der Waals surface area contributed by atoms with Crippen LogP contribution >= 0.6 is 15.9 Å². The third-order valence-corrected chi connectivity index (χ3v) is 6.51. The lowest BCUT2D eigenvalue weighted by atomic mass is 9.68. The van der Waals surface area contributed by atoms with Gasteiger partial charge < -0.3 is 4.74 Å². The zero-order valence-electron chi connectivity index (χ0n) is 18.4. The molecule has 3 aromatic carbocycles. The van der Waals surface area contributed by atoms with E-state index in [0.717, 1.165) is 10.0 Å². The molecule has 0 aliphatic carbocycles. The molecule has 6 heteroatoms. The zero-order chi connectivity index (χ0) is 24.3. The number of carbonyl (C=O) groups excluding carboxylic acids is 2. The largest absolute Gasteiger partial charge is 0.466 e. The van der Waals surface area contributed by atoms with E-state index in [1.165, 1.54) is 12.0 Å². The van der Waals surface area contributed by atoms with Crippen LogP contribution in [0.15, 0.2) is 102 Å². The van der Waals surface area contributed by atoms with Gasteiger partial charge in [0.15, 0.2) is 5.54 Å². The SMILES string of the molecule is C=C(C(=O)OC)[C@@H](c1ccccc1)[C@]1(C#N)c2ccccc2C=CN1C(=O)c1ccc(Br)cc1. The fourth-order valence-electron chi connectivity index (χ4n) is 4.41. The summed E-state index contributed by atoms with van der Waals surface area (Å²) in [6.07, 6.45) is 3.40. The highest BCUT2D eigenvalue weighted by molar-refractivity contribution is 9.10. The summed E-state index contributed by atoms with van der Waals surface area (Å²) in [7, 11) is 1.27. The molecule has 1 aliphatic heterocycles. The number of hydrogen-bond acceptors (Lipinski definition) is 4. The maximum Gasteiger partial charge on any atom is 0.333 e. The monoisotopic (exact) mass is 512 g/mol. The van der Waals surface area contributed by atoms with Crippen molar-refractivity contribution >= 4 is 33.9 Å². The average molecular weight is 513 g/mol. The zero-order valence-corrected chi connectivity index (χ0v) is 20.0. The lowest BCUT2D eigenvalue weighted by molar-refractivity contribution is -0.136. The highest BCUT2D eigenvalue weighted by atomic mass is 79.9. The van der Waals surface area contributed by atoms with Crippen LogP contribution in [-0.4, -0.2) is 23.9 Å². The molecule has 0 radical (unpaired) electrons. The van der Waals surface area contributed by atoms with Crippen molar-refractivity contribution in [1.82, 2.24) is 4.90 Å². The molecule has 2 atom stereocenters. The van der Waals surface area contributed by atoms with Gasteiger partial charge in [-0.25, -0.2) is 4.79 Å². The Morgan fingerprint density at radius 2 is 1.68 bits per heavy atom. The molecule has 1 amide bonds. The van der Waals surface area contributed by atoms with Crippen LogP contribution in [0.2, 0.25) is 0 Å². The minimum absolute atomic E-state index is 0.0777. The van der Waals surface area contributed by atoms with Crippen molar-refractivity contribution in [1.29, 1.82) is 5.26 Å². The predicted octanol–water partition coefficient (Wildman–Crippen LogP) is 5.81. The summed E-state index contributed by atoms with van der Waals surface area (Å²) < 4.78 is 5.83. The van der Waals surface area contributed by atoms with Crippen LogP contribution in [0.4, 0.5) is 0 Å². The van der Waals surface area contributed by atoms with Crippen molar-refractivity contribution in [3.05, 3.63) is 124 Å². The van der Waals surface area contributed by atoms with E-state index in [1.807, 2.05) is 54.6 Å². The van der Waals surface area contributed by atoms with Crippen molar-refractivity contribution in [2.24, 2.45) is 0 Å². The molecular formula is C28H21BrN2O3. The topological polar surface area (TPSA) is 70.4 Å². The Kier molecular flexibility index (Phi) is 6.49. The number of hydrogen-bond donors (Lipinski definition) is 0. The summed E-state index contributed by atoms with van der Waals surface area (Å²) in [5, 5.41) is 10.9. The molecule has 3 aromatic rings. The van der Waals surface area contributed by atoms with Crippen LogP contribution in [0.1, 0.15) is 33.0 Å². The first-order chi connectivity index (χ1) is 16.4. The molecule has 1 heterocycles. The minimum Gasteiger partial charge on any atom is -0.466 e. The van der Waals surface area contributed by atoms with E-state index in [9.17, 15) is 14.9 Å². The minimum atomic E-state index is -1.60. The summed E-state index contributed by atoms with van der Waals surface area (Å²) in [5.74, 6) is -1.92. The number of benzene rings is 3. The molecule has 0 saturated carbocycles. The first kappa shape index (κ1) is 23.2. The molecule has 1 aliphatic rings. The number of methoxy groups -OCH3 is 1. The van der Waals surface area contributed by atoms with Gasteiger partial charge in [0.1, 0.15) is 0 Å². The van der Waals surface area contributed by atoms with Crippen molar-refractivity contribution < 1.29 is 14.3 Å². The molecule has 0 unspecified atom stereocenters. The molecule has 0 aromatic heterocycles. The van der Waals surface area contributed by atoms with Gasteiger partial charge in [0.05, 0.1) is 19.1 Å². The molecule has 168 valence electrons. The van der Waals surface area contributed by atoms with E-state index >= 15 is 0 Å². The third kappa shape index (κ3) is 3.85. The molecule has 0 N–H and O–H groups in total. The number of nitrogens with zero attached hydrogens (tertiary/aromatic N) is 2. The lowest BCUT2D eigenvalue weighted by Crippen LogP contribution is -2.52. The van der Waals surface area contributed by atoms with Gasteiger partial charge in [0, 0.05) is 27.4 Å². The molecule has 0 saturated heterocycles. The van der Waals surface area contributed by atoms with Gasteiger partial charge in [-0.3, -0.25) is 9.69 Å². The van der Waals surface area contributed by atoms with E-state index in [0.29, 0.717) is 16.7 Å². The number of rotatable bonds is 5. The van der Waals surface area contributed by atoms with Gasteiger partial charge in [-0.05, 0) is 41.5 Å². The molecule has 4 rings (SSSR count). The van der Waals surface area contributed by atoms with Crippen LogP contribution < -0.4 is 0 Å². The van der Waals surface area contributed by atoms with E-state index in [2.05, 4.69) is 28.6 Å². The normalized spacial score (nSPS) is 17.3. The van der Waals surface area contributed by atoms with E-state index < -0.39 is 17.4 Å². The Balaban J connectivity index is 2.02. The molecule has 0 spiro atoms. The summed E-state index contributed by atoms with van der Waals surface area (Å²) in [6.45, 7) is 4.03. The number of nitriles is 1. The standard InChI is InChI=1S/C28H21BrN2O3/c1-19(27(33)34-2)25(21-9-4-3-5-10-21)28(18-30)24-11-7-6-8-20(24)16-17-31(28)26(32)22-12-14-23(29)15-13-22/h3-17,25H,1H2,2H3/t25-,28-/m0/s1. The predicted molar refractivity (Wildman–Crippen MR) is 133 cm³/mol. The Morgan fingerprint density at radius 3 is 2.32 bits per heavy atom. The molecule has 0 bridgehead atoms. The number of fused-ring (bicyclic) bond motifs is 1. The Hall–Kier alpha value is -3.95. The van der Waals surface area contributed by atoms with Crippen molar-refractivity contribution in [2.75, 3.05) is 7.11 Å². The smallest absolute Gasteiger partial charge is 0.333 e. The number of carbonyl (C=O) groups is 2. The third-order valence-electron chi connectivity index (χ3n) is 5.98. The average Bonchev–Trinajstić information content (AvgIpc) is 2.88. The quantitative estimate of drug-likeness (QED) is 0.319. The van der Waals surface area contributed by atoms with Crippen LogP contribution in [0.3, 0.4) is 0 Å². The first-order valence-corrected chi connectivity index (χ1v) is 11.3. The summed E-state index contributed by atoms with van der Waals surface area (Å²) in [4.78, 5) is 28.0. The fourth-order valence-corrected chi connectivity index (χ4v) is 4.68. The Labute approximate surface area is 206 Å². The second-order valence-corrected chi connectivity index (χ2v) is 8.74. The van der Waals surface area contributed by atoms with E-state index in [-0.39, 0.29) is 11.5 Å². The molecule has 5 nitrogen and oxygen atoms in total. The van der Waals surface area contributed by atoms with Gasteiger partial charge in [-0.15, -0.1) is 0 Å². The second-order valence-electron chi connectivity index (χ2n) is 7.82. The van der Waals surface area contributed by atoms with E-state index in [1.54, 1.807) is 36.5 Å². The number of esters is 1. The highest BCUT2D eigenvalue weighted by Gasteiger charge is 2.53. The lowest BCUT2D eigenvalue weighted by Gasteiger charge is -2.45. The maximum atomic E-state index is 13.9. The number of halogens is 1. The van der Waals surface area contributed by atoms with Gasteiger partial charge in [-0.2, -0.15) is 5.26 Å². The van der Waals surface area contributed by atoms with Gasteiger partial charge in [0.25, 0.3) is 5.91 Å². The van der Waals surface area contributed by atoms with Crippen LogP contribution in [0, 0.1) is 11.3 Å². The highest BCUT2D eigenvalue weighted by Crippen LogP contribution is 2.49. The summed E-state index contributed by atoms with van der Waals surface area (Å²) in [5.41, 5.74) is 0.934. The van der Waals surface area contributed by atoms with Crippen molar-refractivity contribution in [3.8, 4) is 6.07 Å². The Bertz CT molecular complexity index is 1330. The summed E-state index contributed by atoms with van der Waals surface area (Å²) in [6, 6.07) is 25.8. The van der Waals surface area contributed by atoms with Crippen molar-refractivity contribution in [3.63, 3.8) is 0 Å².